The number of aromatic nitrogens is 2. The molecular formula is C79H98FN13O28P2. The maximum atomic E-state index is 15.6. The zero-order valence-electron chi connectivity index (χ0n) is 67.6. The van der Waals surface area contributed by atoms with Crippen LogP contribution in [0.25, 0.3) is 22.3 Å². The molecule has 6 heterocycles. The molecule has 1 fully saturated rings. The molecule has 2 aromatic heterocycles. The van der Waals surface area contributed by atoms with E-state index in [-0.39, 0.29) is 152 Å². The number of fused-ring (bicyclic) bond motifs is 5. The number of urea groups is 1. The highest BCUT2D eigenvalue weighted by Gasteiger charge is 2.47. The van der Waals surface area contributed by atoms with E-state index in [1.54, 1.807) is 39.8 Å². The lowest BCUT2D eigenvalue weighted by Crippen LogP contribution is -2.58. The van der Waals surface area contributed by atoms with Gasteiger partial charge in [-0.05, 0) is 103 Å². The summed E-state index contributed by atoms with van der Waals surface area (Å²) in [5, 5.41) is 35.3. The number of imide groups is 1. The molecule has 0 spiro atoms. The summed E-state index contributed by atoms with van der Waals surface area (Å²) >= 11 is 0. The minimum Gasteiger partial charge on any atom is -0.464 e. The Labute approximate surface area is 702 Å². The van der Waals surface area contributed by atoms with Gasteiger partial charge < -0.3 is 106 Å². The summed E-state index contributed by atoms with van der Waals surface area (Å²) in [5.74, 6) is -10.8. The average Bonchev–Trinajstić information content (AvgIpc) is 1.58. The molecule has 41 nitrogen and oxygen atoms in total. The van der Waals surface area contributed by atoms with Crippen LogP contribution >= 0.6 is 15.4 Å². The molecule has 5 aromatic rings. The van der Waals surface area contributed by atoms with Gasteiger partial charge >= 0.3 is 33.4 Å². The summed E-state index contributed by atoms with van der Waals surface area (Å²) in [4.78, 5) is 219. The van der Waals surface area contributed by atoms with Crippen LogP contribution in [-0.2, 0) is 138 Å². The van der Waals surface area contributed by atoms with Crippen molar-refractivity contribution in [3.05, 3.63) is 133 Å². The Kier molecular flexibility index (Phi) is 32.6. The second-order valence-corrected chi connectivity index (χ2v) is 32.9. The van der Waals surface area contributed by atoms with Gasteiger partial charge in [-0.15, -0.1) is 0 Å². The number of amides is 12. The van der Waals surface area contributed by atoms with Gasteiger partial charge in [-0.3, -0.25) is 71.6 Å². The number of carbonyl (C=O) groups is 13. The normalized spacial score (nSPS) is 17.7. The minimum atomic E-state index is -4.89. The molecule has 10 rings (SSSR count). The Bertz CT molecular complexity index is 5050. The predicted molar refractivity (Wildman–Crippen MR) is 429 cm³/mol. The highest BCUT2D eigenvalue weighted by molar-refractivity contribution is 7.51. The Balaban J connectivity index is 0.668. The number of ether oxygens (including phenoxy) is 6. The molecule has 3 aromatic carbocycles. The SMILES string of the molecule is CC[C@@]1(O)C(=O)OCc2c1cc1n(c2=O)Cc2c-1nc1cc(F)c(C)c3c1c2[C@@H](NC(=O)Cc1cccc(OP(=O)(O)OCc2ccc(NC(=O)[C@H](CCCNC(N)=O)NC(=O)[C@@H](NC(=O)[C@H](CC(=O)N[C@H]4CCOC4=O)NC(=O)CCOCCOCCOCCOCCNC(=O)[C@H](CNC(=O)CCP(=O)(O)O)N4C(=O)C=CC4=O)C(C)C)cc2)c1)CC3. The number of nitrogens with one attached hydrogen (secondary N) is 9. The van der Waals surface area contributed by atoms with Gasteiger partial charge in [0.05, 0.1) is 120 Å². The molecule has 15 N–H and O–H groups in total. The highest BCUT2D eigenvalue weighted by atomic mass is 31.2. The molecule has 0 saturated carbocycles. The third-order valence-corrected chi connectivity index (χ3v) is 22.4. The number of pyridine rings is 2. The average molecular weight is 1760 g/mol. The van der Waals surface area contributed by atoms with Crippen molar-refractivity contribution in [3.8, 4) is 17.1 Å². The first-order chi connectivity index (χ1) is 58.5. The molecule has 1 aliphatic carbocycles. The molecule has 123 heavy (non-hydrogen) atoms. The van der Waals surface area contributed by atoms with Crippen LogP contribution in [0.5, 0.6) is 5.75 Å². The summed E-state index contributed by atoms with van der Waals surface area (Å²) in [5.41, 5.74) is 7.07. The third kappa shape index (κ3) is 25.2. The van der Waals surface area contributed by atoms with Gasteiger partial charge in [-0.2, -0.15) is 0 Å². The number of nitrogens with two attached hydrogens (primary N) is 1. The van der Waals surface area contributed by atoms with E-state index in [0.717, 1.165) is 12.2 Å². The fourth-order valence-electron chi connectivity index (χ4n) is 14.3. The minimum absolute atomic E-state index is 0.0144. The number of anilines is 1. The Hall–Kier alpha value is -11.3. The summed E-state index contributed by atoms with van der Waals surface area (Å²) in [6.45, 7) is 5.35. The number of aryl methyl sites for hydroxylation is 1. The largest absolute Gasteiger partial charge is 0.527 e. The number of aliphatic hydroxyl groups is 1. The van der Waals surface area contributed by atoms with Crippen molar-refractivity contribution in [3.63, 3.8) is 0 Å². The monoisotopic (exact) mass is 1760 g/mol. The first kappa shape index (κ1) is 94.0. The van der Waals surface area contributed by atoms with E-state index < -0.39 is 184 Å². The second-order valence-electron chi connectivity index (χ2n) is 29.8. The van der Waals surface area contributed by atoms with Crippen LogP contribution in [0.4, 0.5) is 14.9 Å². The van der Waals surface area contributed by atoms with E-state index in [1.165, 1.54) is 53.1 Å². The topological polar surface area (TPSA) is 583 Å². The third-order valence-electron chi connectivity index (χ3n) is 20.7. The van der Waals surface area contributed by atoms with Gasteiger partial charge in [-0.25, -0.2) is 28.3 Å². The van der Waals surface area contributed by atoms with Crippen LogP contribution in [0.3, 0.4) is 0 Å². The van der Waals surface area contributed by atoms with E-state index in [0.29, 0.717) is 67.9 Å². The van der Waals surface area contributed by atoms with Crippen molar-refractivity contribution in [2.75, 3.05) is 90.6 Å². The molecule has 4 aliphatic heterocycles. The number of phosphoric acid groups is 1. The van der Waals surface area contributed by atoms with E-state index in [9.17, 15) is 86.3 Å². The van der Waals surface area contributed by atoms with Crippen molar-refractivity contribution in [2.24, 2.45) is 11.7 Å². The van der Waals surface area contributed by atoms with E-state index >= 15 is 4.39 Å². The molecule has 12 amide bonds. The first-order valence-corrected chi connectivity index (χ1v) is 42.9. The number of nitrogens with zero attached hydrogens (tertiary/aromatic N) is 3. The molecule has 0 radical (unpaired) electrons. The summed E-state index contributed by atoms with van der Waals surface area (Å²) in [6.07, 6.45) is 0.104. The molecule has 1 saturated heterocycles. The van der Waals surface area contributed by atoms with Crippen LogP contribution < -0.4 is 63.7 Å². The standard InChI is InChI=1S/C79H98FN13O28P2/c1-5-79(108)52-36-59-70-50(40-92(59)75(104)51(52)42-119-77(79)106)68-54(16-15-49-44(4)53(80)37-57(89-70)67(49)68)86-63(96)35-46-8-6-9-48(34-46)121-123(112,113)120-41-45-11-13-47(14-12-45)85-71(100)55(10-7-22-83-78(81)107)90-74(103)69(43(2)3)91-72(101)58(38-64(97)87-56-19-25-118-76(56)105)88-62(95)20-24-114-27-29-116-31-32-117-30-28-115-26-23-82-73(102)60(93-65(98)17-18-66(93)99)39-84-61(94)21-33-122(109,110)111/h6,8-9,11-14,17-18,34,36-37,43,54-56,58,60,69,108H,5,7,10,15-16,19-33,35,38-42H2,1-4H3,(H,82,102)(H,84,94)(H,85,100)(H,86,96)(H,87,97)(H,88,95)(H,90,103)(H,91,101)(H,112,113)(H3,81,83,107)(H2,109,110,111)/t54-,55-,56-,58-,60-,69-,79-/m0/s1. The van der Waals surface area contributed by atoms with Gasteiger partial charge in [-0.1, -0.05) is 45.0 Å². The van der Waals surface area contributed by atoms with Crippen molar-refractivity contribution in [1.29, 1.82) is 0 Å². The number of halogens is 1. The summed E-state index contributed by atoms with van der Waals surface area (Å²) < 4.78 is 84.7. The fourth-order valence-corrected chi connectivity index (χ4v) is 15.5. The molecule has 664 valence electrons. The van der Waals surface area contributed by atoms with Crippen molar-refractivity contribution < 1.29 is 133 Å². The molecular weight excluding hydrogens is 1660 g/mol. The summed E-state index contributed by atoms with van der Waals surface area (Å²) in [6, 6.07) is 6.13. The quantitative estimate of drug-likeness (QED) is 0.0107. The maximum Gasteiger partial charge on any atom is 0.527 e. The number of primary amides is 1. The lowest BCUT2D eigenvalue weighted by Gasteiger charge is -2.31. The smallest absolute Gasteiger partial charge is 0.464 e. The van der Waals surface area contributed by atoms with Crippen LogP contribution in [0.2, 0.25) is 0 Å². The number of carbonyl (C=O) groups excluding carboxylic acids is 13. The predicted octanol–water partition coefficient (Wildman–Crippen LogP) is 0.439. The Morgan fingerprint density at radius 1 is 0.707 bits per heavy atom. The lowest BCUT2D eigenvalue weighted by molar-refractivity contribution is -0.172. The molecule has 0 bridgehead atoms. The Morgan fingerprint density at radius 3 is 2.05 bits per heavy atom. The number of phosphoric ester groups is 1. The number of cyclic esters (lactones) is 2. The number of esters is 2. The first-order valence-electron chi connectivity index (χ1n) is 39.6. The van der Waals surface area contributed by atoms with Crippen LogP contribution in [-0.4, -0.2) is 227 Å². The van der Waals surface area contributed by atoms with E-state index in [2.05, 4.69) is 47.9 Å². The van der Waals surface area contributed by atoms with Gasteiger partial charge in [0.15, 0.2) is 5.60 Å². The molecule has 5 aliphatic rings. The zero-order chi connectivity index (χ0) is 89.0. The van der Waals surface area contributed by atoms with E-state index in [1.807, 2.05) is 0 Å². The number of hydrogen-bond donors (Lipinski definition) is 14. The molecule has 1 unspecified atom stereocenters. The van der Waals surface area contributed by atoms with E-state index in [4.69, 9.17) is 58.0 Å². The molecule has 8 atom stereocenters. The lowest BCUT2D eigenvalue weighted by atomic mass is 9.81. The zero-order valence-corrected chi connectivity index (χ0v) is 69.4. The van der Waals surface area contributed by atoms with Crippen LogP contribution in [0.1, 0.15) is 123 Å². The van der Waals surface area contributed by atoms with Gasteiger partial charge in [0, 0.05) is 79.3 Å². The highest BCUT2D eigenvalue weighted by Crippen LogP contribution is 2.48. The molecule has 44 heteroatoms. The summed E-state index contributed by atoms with van der Waals surface area (Å²) in [7, 11) is -9.38. The fraction of sp³-hybridized carbons (Fsp3) is 0.481. The van der Waals surface area contributed by atoms with Crippen molar-refractivity contribution in [2.45, 2.75) is 154 Å². The van der Waals surface area contributed by atoms with Crippen LogP contribution in [0.15, 0.2) is 77.6 Å². The Morgan fingerprint density at radius 2 is 1.39 bits per heavy atom. The second kappa shape index (κ2) is 42.7. The van der Waals surface area contributed by atoms with Crippen LogP contribution in [0, 0.1) is 18.7 Å². The van der Waals surface area contributed by atoms with Crippen molar-refractivity contribution >= 4 is 109 Å². The number of rotatable bonds is 46. The van der Waals surface area contributed by atoms with Gasteiger partial charge in [0.2, 0.25) is 47.3 Å². The van der Waals surface area contributed by atoms with Gasteiger partial charge in [0.25, 0.3) is 17.4 Å². The van der Waals surface area contributed by atoms with Crippen molar-refractivity contribution in [1.82, 2.24) is 57.0 Å². The number of benzene rings is 3. The van der Waals surface area contributed by atoms with Gasteiger partial charge in [0.1, 0.15) is 48.4 Å². The number of hydrogen-bond acceptors (Lipinski definition) is 26. The maximum absolute atomic E-state index is 15.6.